The first-order valence-electron chi connectivity index (χ1n) is 6.45. The molecule has 0 saturated carbocycles. The van der Waals surface area contributed by atoms with Crippen molar-refractivity contribution in [1.82, 2.24) is 5.32 Å². The van der Waals surface area contributed by atoms with Crippen LogP contribution in [-0.4, -0.2) is 6.54 Å². The topological polar surface area (TPSA) is 21.3 Å². The predicted molar refractivity (Wildman–Crippen MR) is 79.6 cm³/mol. The van der Waals surface area contributed by atoms with Gasteiger partial charge in [0.1, 0.15) is 12.4 Å². The van der Waals surface area contributed by atoms with Gasteiger partial charge in [0.05, 0.1) is 0 Å². The minimum absolute atomic E-state index is 0.557. The van der Waals surface area contributed by atoms with Crippen molar-refractivity contribution in [3.05, 3.63) is 64.7 Å². The molecule has 0 aliphatic rings. The average molecular weight is 276 g/mol. The zero-order valence-electron chi connectivity index (χ0n) is 11.0. The molecule has 0 fully saturated rings. The lowest BCUT2D eigenvalue weighted by molar-refractivity contribution is 0.306. The first-order chi connectivity index (χ1) is 9.28. The van der Waals surface area contributed by atoms with Crippen LogP contribution in [0.3, 0.4) is 0 Å². The van der Waals surface area contributed by atoms with E-state index in [2.05, 4.69) is 24.4 Å². The molecule has 0 radical (unpaired) electrons. The molecular formula is C16H18ClNO. The molecule has 19 heavy (non-hydrogen) atoms. The van der Waals surface area contributed by atoms with Crippen LogP contribution in [0, 0.1) is 0 Å². The van der Waals surface area contributed by atoms with Crippen molar-refractivity contribution in [3.63, 3.8) is 0 Å². The summed E-state index contributed by atoms with van der Waals surface area (Å²) < 4.78 is 5.78. The summed E-state index contributed by atoms with van der Waals surface area (Å²) in [5.74, 6) is 0.894. The van der Waals surface area contributed by atoms with E-state index >= 15 is 0 Å². The average Bonchev–Trinajstić information content (AvgIpc) is 2.45. The molecule has 2 nitrogen and oxygen atoms in total. The fraction of sp³-hybridized carbons (Fsp3) is 0.250. The van der Waals surface area contributed by atoms with E-state index in [0.717, 1.165) is 29.4 Å². The molecule has 0 spiro atoms. The Morgan fingerprint density at radius 1 is 1.05 bits per heavy atom. The zero-order valence-corrected chi connectivity index (χ0v) is 11.8. The van der Waals surface area contributed by atoms with Gasteiger partial charge in [0.25, 0.3) is 0 Å². The standard InChI is InChI=1S/C16H18ClNO/c1-2-18-11-14-4-3-5-16(10-14)19-12-13-6-8-15(17)9-7-13/h3-10,18H,2,11-12H2,1H3. The summed E-state index contributed by atoms with van der Waals surface area (Å²) in [5.41, 5.74) is 2.34. The third kappa shape index (κ3) is 4.58. The Hall–Kier alpha value is -1.51. The monoisotopic (exact) mass is 275 g/mol. The van der Waals surface area contributed by atoms with E-state index in [4.69, 9.17) is 16.3 Å². The van der Waals surface area contributed by atoms with Crippen LogP contribution in [0.1, 0.15) is 18.1 Å². The molecule has 0 saturated heterocycles. The maximum atomic E-state index is 5.85. The number of rotatable bonds is 6. The normalized spacial score (nSPS) is 10.4. The highest BCUT2D eigenvalue weighted by Crippen LogP contribution is 2.16. The maximum Gasteiger partial charge on any atom is 0.120 e. The number of benzene rings is 2. The van der Waals surface area contributed by atoms with E-state index in [9.17, 15) is 0 Å². The van der Waals surface area contributed by atoms with Crippen LogP contribution in [0.5, 0.6) is 5.75 Å². The fourth-order valence-electron chi connectivity index (χ4n) is 1.76. The highest BCUT2D eigenvalue weighted by Gasteiger charge is 1.98. The molecule has 2 aromatic carbocycles. The summed E-state index contributed by atoms with van der Waals surface area (Å²) in [6.07, 6.45) is 0. The van der Waals surface area contributed by atoms with Gasteiger partial charge in [0, 0.05) is 11.6 Å². The largest absolute Gasteiger partial charge is 0.489 e. The van der Waals surface area contributed by atoms with Crippen LogP contribution in [0.2, 0.25) is 5.02 Å². The van der Waals surface area contributed by atoms with Gasteiger partial charge in [0.2, 0.25) is 0 Å². The van der Waals surface area contributed by atoms with Crippen molar-refractivity contribution in [1.29, 1.82) is 0 Å². The van der Waals surface area contributed by atoms with Gasteiger partial charge in [-0.25, -0.2) is 0 Å². The summed E-state index contributed by atoms with van der Waals surface area (Å²) in [7, 11) is 0. The van der Waals surface area contributed by atoms with Gasteiger partial charge >= 0.3 is 0 Å². The fourth-order valence-corrected chi connectivity index (χ4v) is 1.89. The molecular weight excluding hydrogens is 258 g/mol. The summed E-state index contributed by atoms with van der Waals surface area (Å²) >= 11 is 5.85. The SMILES string of the molecule is CCNCc1cccc(OCc2ccc(Cl)cc2)c1. The highest BCUT2D eigenvalue weighted by atomic mass is 35.5. The lowest BCUT2D eigenvalue weighted by atomic mass is 10.2. The molecule has 0 aliphatic carbocycles. The summed E-state index contributed by atoms with van der Waals surface area (Å²) in [5, 5.41) is 4.05. The van der Waals surface area contributed by atoms with Crippen LogP contribution >= 0.6 is 11.6 Å². The van der Waals surface area contributed by atoms with E-state index in [1.54, 1.807) is 0 Å². The van der Waals surface area contributed by atoms with Crippen molar-refractivity contribution in [2.75, 3.05) is 6.54 Å². The van der Waals surface area contributed by atoms with Gasteiger partial charge < -0.3 is 10.1 Å². The van der Waals surface area contributed by atoms with E-state index in [-0.39, 0.29) is 0 Å². The Labute approximate surface area is 119 Å². The number of halogens is 1. The summed E-state index contributed by atoms with van der Waals surface area (Å²) in [4.78, 5) is 0. The number of hydrogen-bond donors (Lipinski definition) is 1. The minimum Gasteiger partial charge on any atom is -0.489 e. The molecule has 2 aromatic rings. The first kappa shape index (κ1) is 13.9. The second-order valence-electron chi connectivity index (χ2n) is 4.34. The lowest BCUT2D eigenvalue weighted by Gasteiger charge is -2.08. The Kier molecular flexibility index (Phi) is 5.25. The van der Waals surface area contributed by atoms with Crippen LogP contribution in [0.25, 0.3) is 0 Å². The van der Waals surface area contributed by atoms with E-state index in [0.29, 0.717) is 6.61 Å². The predicted octanol–water partition coefficient (Wildman–Crippen LogP) is 4.03. The second kappa shape index (κ2) is 7.17. The Morgan fingerprint density at radius 2 is 1.84 bits per heavy atom. The summed E-state index contributed by atoms with van der Waals surface area (Å²) in [6.45, 7) is 4.49. The van der Waals surface area contributed by atoms with Gasteiger partial charge in [-0.2, -0.15) is 0 Å². The molecule has 100 valence electrons. The Bertz CT molecular complexity index is 510. The molecule has 1 N–H and O–H groups in total. The molecule has 0 aliphatic heterocycles. The van der Waals surface area contributed by atoms with Gasteiger partial charge in [-0.15, -0.1) is 0 Å². The molecule has 3 heteroatoms. The van der Waals surface area contributed by atoms with Gasteiger partial charge in [0.15, 0.2) is 0 Å². The second-order valence-corrected chi connectivity index (χ2v) is 4.78. The van der Waals surface area contributed by atoms with Gasteiger partial charge in [-0.05, 0) is 41.9 Å². The zero-order chi connectivity index (χ0) is 13.5. The molecule has 0 atom stereocenters. The first-order valence-corrected chi connectivity index (χ1v) is 6.82. The van der Waals surface area contributed by atoms with Crippen LogP contribution in [-0.2, 0) is 13.2 Å². The minimum atomic E-state index is 0.557. The lowest BCUT2D eigenvalue weighted by Crippen LogP contribution is -2.11. The van der Waals surface area contributed by atoms with E-state index in [1.807, 2.05) is 36.4 Å². The maximum absolute atomic E-state index is 5.85. The van der Waals surface area contributed by atoms with Crippen molar-refractivity contribution < 1.29 is 4.74 Å². The molecule has 0 bridgehead atoms. The quantitative estimate of drug-likeness (QED) is 0.859. The Balaban J connectivity index is 1.93. The number of hydrogen-bond acceptors (Lipinski definition) is 2. The van der Waals surface area contributed by atoms with Crippen molar-refractivity contribution in [2.45, 2.75) is 20.1 Å². The number of ether oxygens (including phenoxy) is 1. The summed E-state index contributed by atoms with van der Waals surface area (Å²) in [6, 6.07) is 15.9. The Morgan fingerprint density at radius 3 is 2.58 bits per heavy atom. The van der Waals surface area contributed by atoms with Gasteiger partial charge in [-0.3, -0.25) is 0 Å². The smallest absolute Gasteiger partial charge is 0.120 e. The van der Waals surface area contributed by atoms with Crippen LogP contribution < -0.4 is 10.1 Å². The molecule has 0 aromatic heterocycles. The van der Waals surface area contributed by atoms with Crippen LogP contribution in [0.4, 0.5) is 0 Å². The molecule has 0 amide bonds. The molecule has 2 rings (SSSR count). The third-order valence-corrected chi connectivity index (χ3v) is 3.05. The van der Waals surface area contributed by atoms with Crippen molar-refractivity contribution in [3.8, 4) is 5.75 Å². The third-order valence-electron chi connectivity index (χ3n) is 2.80. The van der Waals surface area contributed by atoms with E-state index < -0.39 is 0 Å². The van der Waals surface area contributed by atoms with Crippen molar-refractivity contribution in [2.24, 2.45) is 0 Å². The van der Waals surface area contributed by atoms with E-state index in [1.165, 1.54) is 5.56 Å². The van der Waals surface area contributed by atoms with Gasteiger partial charge in [-0.1, -0.05) is 42.8 Å². The van der Waals surface area contributed by atoms with Crippen LogP contribution in [0.15, 0.2) is 48.5 Å². The highest BCUT2D eigenvalue weighted by molar-refractivity contribution is 6.30. The molecule has 0 unspecified atom stereocenters. The van der Waals surface area contributed by atoms with Crippen molar-refractivity contribution >= 4 is 11.6 Å². The molecule has 0 heterocycles. The number of nitrogens with one attached hydrogen (secondary N) is 1.